The minimum absolute atomic E-state index is 0.329. The van der Waals surface area contributed by atoms with Crippen molar-refractivity contribution in [2.45, 2.75) is 6.92 Å². The fourth-order valence-electron chi connectivity index (χ4n) is 1.76. The van der Waals surface area contributed by atoms with E-state index in [0.29, 0.717) is 23.5 Å². The number of hydrogen-bond donors (Lipinski definition) is 2. The van der Waals surface area contributed by atoms with Crippen molar-refractivity contribution in [2.24, 2.45) is 0 Å². The highest BCUT2D eigenvalue weighted by Crippen LogP contribution is 2.26. The van der Waals surface area contributed by atoms with Crippen LogP contribution < -0.4 is 11.1 Å². The number of halogens is 1. The van der Waals surface area contributed by atoms with Gasteiger partial charge in [0.25, 0.3) is 0 Å². The predicted octanol–water partition coefficient (Wildman–Crippen LogP) is 3.79. The van der Waals surface area contributed by atoms with Crippen molar-refractivity contribution in [3.63, 3.8) is 0 Å². The van der Waals surface area contributed by atoms with Crippen LogP contribution >= 0.6 is 22.6 Å². The first-order chi connectivity index (χ1) is 9.61. The maximum atomic E-state index is 12.0. The molecule has 0 aromatic heterocycles. The van der Waals surface area contributed by atoms with Gasteiger partial charge in [0.05, 0.1) is 23.5 Å². The highest BCUT2D eigenvalue weighted by molar-refractivity contribution is 14.1. The molecule has 3 N–H and O–H groups in total. The van der Waals surface area contributed by atoms with E-state index < -0.39 is 0 Å². The van der Waals surface area contributed by atoms with Gasteiger partial charge in [0.2, 0.25) is 0 Å². The summed E-state index contributed by atoms with van der Waals surface area (Å²) in [5, 5.41) is 3.24. The average Bonchev–Trinajstić information content (AvgIpc) is 2.43. The zero-order valence-corrected chi connectivity index (χ0v) is 13.2. The molecule has 0 radical (unpaired) electrons. The van der Waals surface area contributed by atoms with Crippen molar-refractivity contribution in [1.82, 2.24) is 0 Å². The van der Waals surface area contributed by atoms with Gasteiger partial charge < -0.3 is 15.8 Å². The Morgan fingerprint density at radius 1 is 1.25 bits per heavy atom. The molecule has 0 unspecified atom stereocenters. The zero-order valence-electron chi connectivity index (χ0n) is 11.0. The molecule has 0 fully saturated rings. The van der Waals surface area contributed by atoms with Gasteiger partial charge in [-0.1, -0.05) is 12.1 Å². The summed E-state index contributed by atoms with van der Waals surface area (Å²) in [6.45, 7) is 2.10. The molecule has 0 bridgehead atoms. The van der Waals surface area contributed by atoms with Crippen LogP contribution in [-0.4, -0.2) is 12.6 Å². The summed E-state index contributed by atoms with van der Waals surface area (Å²) in [6, 6.07) is 13.0. The first-order valence-electron chi connectivity index (χ1n) is 6.20. The lowest BCUT2D eigenvalue weighted by molar-refractivity contribution is 0.0527. The Labute approximate surface area is 131 Å². The Morgan fingerprint density at radius 3 is 2.70 bits per heavy atom. The van der Waals surface area contributed by atoms with Crippen LogP contribution in [0.25, 0.3) is 0 Å². The third kappa shape index (κ3) is 3.41. The van der Waals surface area contributed by atoms with Crippen molar-refractivity contribution < 1.29 is 9.53 Å². The lowest BCUT2D eigenvalue weighted by atomic mass is 10.1. The maximum absolute atomic E-state index is 12.0. The first kappa shape index (κ1) is 14.6. The van der Waals surface area contributed by atoms with Crippen molar-refractivity contribution in [2.75, 3.05) is 17.7 Å². The van der Waals surface area contributed by atoms with Gasteiger partial charge in [-0.05, 0) is 59.8 Å². The van der Waals surface area contributed by atoms with Crippen molar-refractivity contribution in [3.8, 4) is 0 Å². The van der Waals surface area contributed by atoms with E-state index in [4.69, 9.17) is 10.5 Å². The summed E-state index contributed by atoms with van der Waals surface area (Å²) in [5.74, 6) is -0.381. The quantitative estimate of drug-likeness (QED) is 0.480. The van der Waals surface area contributed by atoms with Crippen LogP contribution in [0.2, 0.25) is 0 Å². The smallest absolute Gasteiger partial charge is 0.340 e. The second-order valence-corrected chi connectivity index (χ2v) is 5.29. The number of nitrogen functional groups attached to an aromatic ring is 1. The number of rotatable bonds is 4. The van der Waals surface area contributed by atoms with E-state index in [-0.39, 0.29) is 5.97 Å². The third-order valence-corrected chi connectivity index (χ3v) is 3.62. The van der Waals surface area contributed by atoms with E-state index >= 15 is 0 Å². The summed E-state index contributed by atoms with van der Waals surface area (Å²) < 4.78 is 6.12. The molecule has 0 saturated carbocycles. The second-order valence-electron chi connectivity index (χ2n) is 4.13. The normalized spacial score (nSPS) is 10.1. The van der Waals surface area contributed by atoms with Gasteiger partial charge in [0.15, 0.2) is 0 Å². The second kappa shape index (κ2) is 6.60. The molecule has 0 heterocycles. The van der Waals surface area contributed by atoms with Crippen molar-refractivity contribution in [1.29, 1.82) is 0 Å². The number of hydrogen-bond acceptors (Lipinski definition) is 4. The molecule has 5 heteroatoms. The lowest BCUT2D eigenvalue weighted by Gasteiger charge is -2.13. The minimum Gasteiger partial charge on any atom is -0.462 e. The van der Waals surface area contributed by atoms with Crippen LogP contribution in [-0.2, 0) is 4.74 Å². The van der Waals surface area contributed by atoms with Gasteiger partial charge in [-0.25, -0.2) is 4.79 Å². The zero-order chi connectivity index (χ0) is 14.5. The Bertz CT molecular complexity index is 629. The number of carbonyl (C=O) groups is 1. The number of carbonyl (C=O) groups excluding carboxylic acids is 1. The molecule has 0 aliphatic carbocycles. The predicted molar refractivity (Wildman–Crippen MR) is 89.3 cm³/mol. The van der Waals surface area contributed by atoms with Gasteiger partial charge in [-0.2, -0.15) is 0 Å². The van der Waals surface area contributed by atoms with Crippen molar-refractivity contribution in [3.05, 3.63) is 51.6 Å². The summed E-state index contributed by atoms with van der Waals surface area (Å²) >= 11 is 2.24. The molecule has 0 amide bonds. The van der Waals surface area contributed by atoms with Gasteiger partial charge in [0.1, 0.15) is 0 Å². The largest absolute Gasteiger partial charge is 0.462 e. The Kier molecular flexibility index (Phi) is 4.84. The van der Waals surface area contributed by atoms with Crippen LogP contribution in [0.1, 0.15) is 17.3 Å². The minimum atomic E-state index is -0.381. The van der Waals surface area contributed by atoms with Crippen LogP contribution in [0.4, 0.5) is 17.1 Å². The van der Waals surface area contributed by atoms with Crippen LogP contribution in [0.3, 0.4) is 0 Å². The van der Waals surface area contributed by atoms with E-state index in [1.54, 1.807) is 25.1 Å². The third-order valence-electron chi connectivity index (χ3n) is 2.68. The summed E-state index contributed by atoms with van der Waals surface area (Å²) in [5.41, 5.74) is 8.33. The van der Waals surface area contributed by atoms with E-state index in [0.717, 1.165) is 9.26 Å². The maximum Gasteiger partial charge on any atom is 0.340 e. The van der Waals surface area contributed by atoms with Gasteiger partial charge in [-0.15, -0.1) is 0 Å². The number of anilines is 3. The number of nitrogens with two attached hydrogens (primary N) is 1. The summed E-state index contributed by atoms with van der Waals surface area (Å²) in [4.78, 5) is 12.0. The fourth-order valence-corrected chi connectivity index (χ4v) is 2.28. The van der Waals surface area contributed by atoms with Gasteiger partial charge >= 0.3 is 5.97 Å². The number of esters is 1. The standard InChI is InChI=1S/C15H15IN2O2/c1-2-20-15(19)11-9-10(17)7-8-13(11)18-14-6-4-3-5-12(14)16/h3-9,18H,2,17H2,1H3. The Hall–Kier alpha value is -1.76. The summed E-state index contributed by atoms with van der Waals surface area (Å²) in [6.07, 6.45) is 0. The molecule has 0 spiro atoms. The molecule has 20 heavy (non-hydrogen) atoms. The molecular weight excluding hydrogens is 367 g/mol. The van der Waals surface area contributed by atoms with Crippen LogP contribution in [0.15, 0.2) is 42.5 Å². The molecule has 104 valence electrons. The van der Waals surface area contributed by atoms with E-state index in [1.807, 2.05) is 24.3 Å². The molecule has 4 nitrogen and oxygen atoms in total. The summed E-state index contributed by atoms with van der Waals surface area (Å²) in [7, 11) is 0. The van der Waals surface area contributed by atoms with E-state index in [9.17, 15) is 4.79 Å². The lowest BCUT2D eigenvalue weighted by Crippen LogP contribution is -2.09. The molecule has 2 aromatic rings. The molecular formula is C15H15IN2O2. The molecule has 0 aliphatic rings. The molecule has 2 rings (SSSR count). The number of para-hydroxylation sites is 1. The topological polar surface area (TPSA) is 64.3 Å². The monoisotopic (exact) mass is 382 g/mol. The van der Waals surface area contributed by atoms with Crippen molar-refractivity contribution >= 4 is 45.6 Å². The molecule has 2 aromatic carbocycles. The van der Waals surface area contributed by atoms with E-state index in [2.05, 4.69) is 27.9 Å². The average molecular weight is 382 g/mol. The highest BCUT2D eigenvalue weighted by Gasteiger charge is 2.13. The SMILES string of the molecule is CCOC(=O)c1cc(N)ccc1Nc1ccccc1I. The van der Waals surface area contributed by atoms with Gasteiger partial charge in [0, 0.05) is 9.26 Å². The molecule has 0 atom stereocenters. The Morgan fingerprint density at radius 2 is 2.00 bits per heavy atom. The highest BCUT2D eigenvalue weighted by atomic mass is 127. The van der Waals surface area contributed by atoms with Crippen LogP contribution in [0, 0.1) is 3.57 Å². The Balaban J connectivity index is 2.36. The first-order valence-corrected chi connectivity index (χ1v) is 7.28. The fraction of sp³-hybridized carbons (Fsp3) is 0.133. The number of ether oxygens (including phenoxy) is 1. The number of benzene rings is 2. The molecule has 0 aliphatic heterocycles. The van der Waals surface area contributed by atoms with E-state index in [1.165, 1.54) is 0 Å². The van der Waals surface area contributed by atoms with Gasteiger partial charge in [-0.3, -0.25) is 0 Å². The van der Waals surface area contributed by atoms with Crippen LogP contribution in [0.5, 0.6) is 0 Å². The molecule has 0 saturated heterocycles. The number of nitrogens with one attached hydrogen (secondary N) is 1.